The Bertz CT molecular complexity index is 836. The van der Waals surface area contributed by atoms with Crippen LogP contribution in [0.15, 0.2) is 85.0 Å². The molecule has 26 heavy (non-hydrogen) atoms. The molecular weight excluding hydrogens is 435 g/mol. The van der Waals surface area contributed by atoms with E-state index in [2.05, 4.69) is 46.9 Å². The number of hydrogen-bond donors (Lipinski definition) is 0. The van der Waals surface area contributed by atoms with Gasteiger partial charge in [-0.15, -0.1) is 0 Å². The van der Waals surface area contributed by atoms with Crippen molar-refractivity contribution in [1.82, 2.24) is 0 Å². The summed E-state index contributed by atoms with van der Waals surface area (Å²) in [5.74, 6) is -0.226. The van der Waals surface area contributed by atoms with Crippen LogP contribution in [0.1, 0.15) is 24.0 Å². The summed E-state index contributed by atoms with van der Waals surface area (Å²) in [5, 5.41) is 0. The molecule has 1 aliphatic rings. The molecule has 0 saturated heterocycles. The number of allylic oxidation sites excluding steroid dienone is 3. The molecule has 3 rings (SSSR count). The van der Waals surface area contributed by atoms with Crippen molar-refractivity contribution in [2.45, 2.75) is 12.8 Å². The van der Waals surface area contributed by atoms with Gasteiger partial charge in [0.05, 0.1) is 7.11 Å². The highest BCUT2D eigenvalue weighted by Gasteiger charge is 2.37. The van der Waals surface area contributed by atoms with Crippen molar-refractivity contribution in [2.75, 3.05) is 7.11 Å². The summed E-state index contributed by atoms with van der Waals surface area (Å²) in [7, 11) is 1.45. The summed E-state index contributed by atoms with van der Waals surface area (Å²) in [6, 6.07) is 20.5. The van der Waals surface area contributed by atoms with Crippen LogP contribution < -0.4 is 0 Å². The number of carbonyl (C=O) groups excluding carboxylic acids is 1. The van der Waals surface area contributed by atoms with E-state index < -0.39 is 5.41 Å². The van der Waals surface area contributed by atoms with Crippen LogP contribution in [0, 0.1) is 5.41 Å². The smallest absolute Gasteiger partial charge is 0.319 e. The molecule has 0 radical (unpaired) electrons. The lowest BCUT2D eigenvalue weighted by atomic mass is 9.76. The number of halogens is 1. The second kappa shape index (κ2) is 8.49. The molecule has 0 saturated carbocycles. The molecule has 0 heterocycles. The van der Waals surface area contributed by atoms with Gasteiger partial charge < -0.3 is 4.74 Å². The van der Waals surface area contributed by atoms with Crippen LogP contribution >= 0.6 is 22.6 Å². The molecule has 0 aromatic heterocycles. The van der Waals surface area contributed by atoms with Crippen molar-refractivity contribution in [3.63, 3.8) is 0 Å². The quantitative estimate of drug-likeness (QED) is 0.237. The maximum atomic E-state index is 12.7. The van der Waals surface area contributed by atoms with Gasteiger partial charge >= 0.3 is 5.97 Å². The van der Waals surface area contributed by atoms with Gasteiger partial charge in [-0.1, -0.05) is 85.0 Å². The zero-order valence-electron chi connectivity index (χ0n) is 14.7. The maximum Gasteiger partial charge on any atom is 0.319 e. The summed E-state index contributed by atoms with van der Waals surface area (Å²) in [6.07, 6.45) is 9.44. The fourth-order valence-corrected chi connectivity index (χ4v) is 4.07. The van der Waals surface area contributed by atoms with Crippen LogP contribution in [0.4, 0.5) is 0 Å². The first-order valence-corrected chi connectivity index (χ1v) is 9.67. The van der Waals surface area contributed by atoms with E-state index in [0.29, 0.717) is 6.42 Å². The van der Waals surface area contributed by atoms with Gasteiger partial charge in [0.15, 0.2) is 0 Å². The van der Waals surface area contributed by atoms with Crippen LogP contribution in [-0.2, 0) is 9.53 Å². The van der Waals surface area contributed by atoms with Crippen LogP contribution in [-0.4, -0.2) is 13.1 Å². The van der Waals surface area contributed by atoms with E-state index in [0.717, 1.165) is 26.7 Å². The number of rotatable bonds is 5. The molecule has 2 aromatic carbocycles. The predicted octanol–water partition coefficient (Wildman–Crippen LogP) is 6.06. The SMILES string of the molecule is COC(=O)C1(C/C(=C(\I)c2ccccc2)c2ccccc2)C=CCC=C1. The number of benzene rings is 2. The van der Waals surface area contributed by atoms with Crippen molar-refractivity contribution < 1.29 is 9.53 Å². The summed E-state index contributed by atoms with van der Waals surface area (Å²) in [4.78, 5) is 12.7. The van der Waals surface area contributed by atoms with Gasteiger partial charge in [0.25, 0.3) is 0 Å². The normalized spacial score (nSPS) is 16.1. The second-order valence-corrected chi connectivity index (χ2v) is 7.35. The Balaban J connectivity index is 2.13. The van der Waals surface area contributed by atoms with Crippen molar-refractivity contribution in [3.05, 3.63) is 96.1 Å². The first-order valence-electron chi connectivity index (χ1n) is 8.59. The topological polar surface area (TPSA) is 26.3 Å². The Morgan fingerprint density at radius 2 is 1.50 bits per heavy atom. The molecule has 0 fully saturated rings. The first-order chi connectivity index (χ1) is 12.7. The van der Waals surface area contributed by atoms with Crippen molar-refractivity contribution >= 4 is 37.7 Å². The van der Waals surface area contributed by atoms with Crippen molar-refractivity contribution in [2.24, 2.45) is 5.41 Å². The van der Waals surface area contributed by atoms with E-state index in [4.69, 9.17) is 4.74 Å². The minimum absolute atomic E-state index is 0.226. The molecular formula is C23H21IO2. The lowest BCUT2D eigenvalue weighted by Crippen LogP contribution is -2.29. The molecule has 0 N–H and O–H groups in total. The summed E-state index contributed by atoms with van der Waals surface area (Å²) in [5.41, 5.74) is 2.65. The Morgan fingerprint density at radius 3 is 2.04 bits per heavy atom. The van der Waals surface area contributed by atoms with Crippen molar-refractivity contribution in [1.29, 1.82) is 0 Å². The number of hydrogen-bond acceptors (Lipinski definition) is 2. The Kier molecular flexibility index (Phi) is 6.09. The molecule has 0 spiro atoms. The zero-order chi connectivity index (χ0) is 18.4. The summed E-state index contributed by atoms with van der Waals surface area (Å²) in [6.45, 7) is 0. The fourth-order valence-electron chi connectivity index (χ4n) is 3.20. The maximum absolute atomic E-state index is 12.7. The average molecular weight is 456 g/mol. The molecule has 1 aliphatic carbocycles. The summed E-state index contributed by atoms with van der Waals surface area (Å²) >= 11 is 2.39. The highest BCUT2D eigenvalue weighted by atomic mass is 127. The van der Waals surface area contributed by atoms with Crippen LogP contribution in [0.2, 0.25) is 0 Å². The van der Waals surface area contributed by atoms with Gasteiger partial charge in [-0.05, 0) is 52.1 Å². The third-order valence-corrected chi connectivity index (χ3v) is 5.83. The lowest BCUT2D eigenvalue weighted by molar-refractivity contribution is -0.147. The number of carbonyl (C=O) groups is 1. The molecule has 0 atom stereocenters. The van der Waals surface area contributed by atoms with E-state index >= 15 is 0 Å². The van der Waals surface area contributed by atoms with Crippen LogP contribution in [0.5, 0.6) is 0 Å². The summed E-state index contributed by atoms with van der Waals surface area (Å²) < 4.78 is 6.29. The van der Waals surface area contributed by atoms with E-state index in [1.165, 1.54) is 7.11 Å². The van der Waals surface area contributed by atoms with Crippen LogP contribution in [0.3, 0.4) is 0 Å². The Labute approximate surface area is 168 Å². The fraction of sp³-hybridized carbons (Fsp3) is 0.174. The number of ether oxygens (including phenoxy) is 1. The van der Waals surface area contributed by atoms with E-state index in [-0.39, 0.29) is 5.97 Å². The van der Waals surface area contributed by atoms with Gasteiger partial charge in [0.1, 0.15) is 5.41 Å². The standard InChI is InChI=1S/C23H21IO2/c1-26-22(25)23(15-9-4-10-16-23)17-20(18-11-5-2-6-12-18)21(24)19-13-7-3-8-14-19/h2-3,5-16H,4,17H2,1H3/b21-20+. The molecule has 0 unspecified atom stereocenters. The van der Waals surface area contributed by atoms with E-state index in [9.17, 15) is 4.79 Å². The third-order valence-electron chi connectivity index (χ3n) is 4.55. The van der Waals surface area contributed by atoms with Crippen molar-refractivity contribution in [3.8, 4) is 0 Å². The van der Waals surface area contributed by atoms with Crippen LogP contribution in [0.25, 0.3) is 9.15 Å². The monoisotopic (exact) mass is 456 g/mol. The highest BCUT2D eigenvalue weighted by molar-refractivity contribution is 14.1. The largest absolute Gasteiger partial charge is 0.468 e. The van der Waals surface area contributed by atoms with Gasteiger partial charge in [-0.2, -0.15) is 0 Å². The zero-order valence-corrected chi connectivity index (χ0v) is 16.8. The minimum Gasteiger partial charge on any atom is -0.468 e. The molecule has 2 aromatic rings. The second-order valence-electron chi connectivity index (χ2n) is 6.27. The molecule has 0 amide bonds. The van der Waals surface area contributed by atoms with Gasteiger partial charge in [-0.3, -0.25) is 4.79 Å². The van der Waals surface area contributed by atoms with E-state index in [1.807, 2.05) is 60.7 Å². The lowest BCUT2D eigenvalue weighted by Gasteiger charge is -2.28. The molecule has 3 heteroatoms. The first kappa shape index (κ1) is 18.6. The number of esters is 1. The highest BCUT2D eigenvalue weighted by Crippen LogP contribution is 2.42. The minimum atomic E-state index is -0.761. The van der Waals surface area contributed by atoms with E-state index in [1.54, 1.807) is 0 Å². The van der Waals surface area contributed by atoms with Gasteiger partial charge in [0, 0.05) is 3.58 Å². The molecule has 2 nitrogen and oxygen atoms in total. The average Bonchev–Trinajstić information content (AvgIpc) is 2.73. The molecule has 0 bridgehead atoms. The predicted molar refractivity (Wildman–Crippen MR) is 116 cm³/mol. The van der Waals surface area contributed by atoms with Gasteiger partial charge in [0.2, 0.25) is 0 Å². The Morgan fingerprint density at radius 1 is 0.962 bits per heavy atom. The Hall–Kier alpha value is -2.14. The number of methoxy groups -OCH3 is 1. The third kappa shape index (κ3) is 3.98. The molecule has 132 valence electrons. The van der Waals surface area contributed by atoms with Gasteiger partial charge in [-0.25, -0.2) is 0 Å². The molecule has 0 aliphatic heterocycles.